The molecule has 0 unspecified atom stereocenters. The largest absolute Gasteiger partial charge is 1.00 e. The molecular weight excluding hydrogens is 424 g/mol. The van der Waals surface area contributed by atoms with Gasteiger partial charge in [0.2, 0.25) is 10.0 Å². The molecule has 0 atom stereocenters. The molecule has 0 aliphatic carbocycles. The molecule has 4 nitrogen and oxygen atoms in total. The highest BCUT2D eigenvalue weighted by Gasteiger charge is 2.34. The average Bonchev–Trinajstić information content (AvgIpc) is 2.62. The molecule has 0 bridgehead atoms. The second-order valence-corrected chi connectivity index (χ2v) is 8.41. The fraction of sp³-hybridized carbons (Fsp3) is 0.294. The van der Waals surface area contributed by atoms with E-state index >= 15 is 0 Å². The highest BCUT2D eigenvalue weighted by atomic mass is 35.5. The molecular formula is C17H17Cl2F3N2O2S. The molecule has 0 aromatic heterocycles. The summed E-state index contributed by atoms with van der Waals surface area (Å²) in [6.07, 6.45) is -4.39. The van der Waals surface area contributed by atoms with E-state index in [9.17, 15) is 21.6 Å². The predicted octanol–water partition coefficient (Wildman–Crippen LogP) is -0.416. The quantitative estimate of drug-likeness (QED) is 0.704. The summed E-state index contributed by atoms with van der Waals surface area (Å²) in [7, 11) is -3.63. The maximum absolute atomic E-state index is 12.9. The van der Waals surface area contributed by atoms with Crippen LogP contribution in [0.15, 0.2) is 53.4 Å². The number of nitrogens with one attached hydrogen (secondary N) is 1. The molecule has 0 saturated carbocycles. The van der Waals surface area contributed by atoms with Gasteiger partial charge < -0.3 is 17.3 Å². The summed E-state index contributed by atoms with van der Waals surface area (Å²) in [5, 5.41) is 0.447. The number of nitrogens with zero attached hydrogens (tertiary/aromatic N) is 1. The Labute approximate surface area is 167 Å². The van der Waals surface area contributed by atoms with E-state index in [0.717, 1.165) is 17.0 Å². The van der Waals surface area contributed by atoms with Crippen LogP contribution in [0.1, 0.15) is 5.56 Å². The van der Waals surface area contributed by atoms with Crippen molar-refractivity contribution in [2.45, 2.75) is 11.1 Å². The number of sulfonamides is 1. The Balaban J connectivity index is 0.00000261. The Kier molecular flexibility index (Phi) is 6.81. The number of alkyl halides is 3. The Morgan fingerprint density at radius 3 is 2.15 bits per heavy atom. The van der Waals surface area contributed by atoms with Crippen LogP contribution < -0.4 is 17.3 Å². The highest BCUT2D eigenvalue weighted by molar-refractivity contribution is 7.89. The molecule has 1 aliphatic rings. The molecule has 0 spiro atoms. The van der Waals surface area contributed by atoms with Crippen molar-refractivity contribution in [3.05, 3.63) is 59.1 Å². The molecule has 1 aliphatic heterocycles. The summed E-state index contributed by atoms with van der Waals surface area (Å²) in [5.74, 6) is 0. The van der Waals surface area contributed by atoms with Gasteiger partial charge in [0, 0.05) is 11.1 Å². The molecule has 2 aromatic rings. The van der Waals surface area contributed by atoms with Crippen LogP contribution >= 0.6 is 11.6 Å². The standard InChI is InChI=1S/C17H16ClF3N2O2S.ClH/c18-14-4-6-16(7-5-14)26(24,25)23-10-8-22(9-11-23)15-3-1-2-13(12-15)17(19,20)21;/h1-7,12H,8-11H2;1H. The highest BCUT2D eigenvalue weighted by Crippen LogP contribution is 2.30. The summed E-state index contributed by atoms with van der Waals surface area (Å²) in [6, 6.07) is 11.1. The number of halogens is 5. The van der Waals surface area contributed by atoms with Crippen molar-refractivity contribution in [2.24, 2.45) is 0 Å². The lowest BCUT2D eigenvalue weighted by Crippen LogP contribution is -3.10. The third-order valence-electron chi connectivity index (χ3n) is 4.38. The van der Waals surface area contributed by atoms with E-state index in [-0.39, 0.29) is 30.4 Å². The van der Waals surface area contributed by atoms with E-state index in [2.05, 4.69) is 0 Å². The molecule has 1 saturated heterocycles. The Morgan fingerprint density at radius 1 is 1.00 bits per heavy atom. The molecule has 148 valence electrons. The van der Waals surface area contributed by atoms with Gasteiger partial charge in [-0.3, -0.25) is 0 Å². The number of hydrogen-bond donors (Lipinski definition) is 1. The number of hydrogen-bond acceptors (Lipinski definition) is 2. The van der Waals surface area contributed by atoms with Gasteiger partial charge in [-0.05, 0) is 36.4 Å². The van der Waals surface area contributed by atoms with Crippen LogP contribution in [0.2, 0.25) is 5.02 Å². The van der Waals surface area contributed by atoms with Crippen LogP contribution in [0.25, 0.3) is 0 Å². The van der Waals surface area contributed by atoms with E-state index in [1.54, 1.807) is 6.07 Å². The molecule has 3 rings (SSSR count). The van der Waals surface area contributed by atoms with E-state index < -0.39 is 21.8 Å². The van der Waals surface area contributed by atoms with Crippen LogP contribution in [0.4, 0.5) is 18.9 Å². The zero-order valence-electron chi connectivity index (χ0n) is 14.0. The van der Waals surface area contributed by atoms with Crippen LogP contribution in [0.3, 0.4) is 0 Å². The zero-order valence-corrected chi connectivity index (χ0v) is 16.3. The monoisotopic (exact) mass is 440 g/mol. The van der Waals surface area contributed by atoms with Gasteiger partial charge >= 0.3 is 6.18 Å². The topological polar surface area (TPSA) is 41.8 Å². The lowest BCUT2D eigenvalue weighted by atomic mass is 10.1. The van der Waals surface area contributed by atoms with E-state index in [0.29, 0.717) is 23.8 Å². The van der Waals surface area contributed by atoms with Crippen LogP contribution in [0.5, 0.6) is 0 Å². The van der Waals surface area contributed by atoms with E-state index in [1.165, 1.54) is 34.6 Å². The predicted molar refractivity (Wildman–Crippen MR) is 92.0 cm³/mol. The number of rotatable bonds is 3. The van der Waals surface area contributed by atoms with Gasteiger partial charge in [-0.25, -0.2) is 8.42 Å². The minimum atomic E-state index is -4.39. The van der Waals surface area contributed by atoms with Crippen molar-refractivity contribution >= 4 is 27.3 Å². The maximum Gasteiger partial charge on any atom is 0.416 e. The van der Waals surface area contributed by atoms with Crippen molar-refractivity contribution in [3.63, 3.8) is 0 Å². The summed E-state index contributed by atoms with van der Waals surface area (Å²) in [5.41, 5.74) is -0.179. The lowest BCUT2D eigenvalue weighted by molar-refractivity contribution is -0.837. The molecule has 1 fully saturated rings. The smallest absolute Gasteiger partial charge is 0.416 e. The Hall–Kier alpha value is -1.32. The lowest BCUT2D eigenvalue weighted by Gasteiger charge is -2.31. The van der Waals surface area contributed by atoms with E-state index in [1.807, 2.05) is 0 Å². The summed E-state index contributed by atoms with van der Waals surface area (Å²) in [6.45, 7) is 1.26. The number of piperazine rings is 1. The second kappa shape index (κ2) is 8.36. The number of quaternary nitrogens is 1. The molecule has 1 heterocycles. The Bertz CT molecular complexity index is 882. The van der Waals surface area contributed by atoms with Crippen molar-refractivity contribution in [1.82, 2.24) is 4.31 Å². The first-order valence-corrected chi connectivity index (χ1v) is 9.78. The van der Waals surface area contributed by atoms with Crippen LogP contribution in [-0.2, 0) is 16.2 Å². The van der Waals surface area contributed by atoms with Crippen molar-refractivity contribution in [3.8, 4) is 0 Å². The van der Waals surface area contributed by atoms with Gasteiger partial charge in [0.1, 0.15) is 5.69 Å². The zero-order chi connectivity index (χ0) is 18.9. The molecule has 0 radical (unpaired) electrons. The van der Waals surface area contributed by atoms with Crippen LogP contribution in [-0.4, -0.2) is 38.9 Å². The average molecular weight is 441 g/mol. The third-order valence-corrected chi connectivity index (χ3v) is 6.54. The van der Waals surface area contributed by atoms with Gasteiger partial charge in [-0.1, -0.05) is 17.7 Å². The van der Waals surface area contributed by atoms with Gasteiger partial charge in [0.05, 0.1) is 36.6 Å². The minimum Gasteiger partial charge on any atom is -1.00 e. The Morgan fingerprint density at radius 2 is 1.59 bits per heavy atom. The molecule has 0 amide bonds. The summed E-state index contributed by atoms with van der Waals surface area (Å²) in [4.78, 5) is 0.989. The first-order chi connectivity index (χ1) is 12.2. The third kappa shape index (κ3) is 4.94. The first kappa shape index (κ1) is 22.0. The summed E-state index contributed by atoms with van der Waals surface area (Å²) >= 11 is 5.79. The van der Waals surface area contributed by atoms with Crippen molar-refractivity contribution in [1.29, 1.82) is 0 Å². The second-order valence-electron chi connectivity index (χ2n) is 6.04. The maximum atomic E-state index is 12.9. The van der Waals surface area contributed by atoms with E-state index in [4.69, 9.17) is 11.6 Å². The molecule has 27 heavy (non-hydrogen) atoms. The molecule has 10 heteroatoms. The first-order valence-electron chi connectivity index (χ1n) is 7.96. The van der Waals surface area contributed by atoms with Gasteiger partial charge in [0.25, 0.3) is 0 Å². The fourth-order valence-electron chi connectivity index (χ4n) is 2.96. The SMILES string of the molecule is O=S(=O)(c1ccc(Cl)cc1)N1CC[NH+](c2cccc(C(F)(F)F)c2)CC1.[Cl-]. The van der Waals surface area contributed by atoms with Gasteiger partial charge in [-0.2, -0.15) is 17.5 Å². The molecule has 1 N–H and O–H groups in total. The van der Waals surface area contributed by atoms with Gasteiger partial charge in [-0.15, -0.1) is 0 Å². The van der Waals surface area contributed by atoms with Crippen molar-refractivity contribution in [2.75, 3.05) is 26.2 Å². The molecule has 2 aromatic carbocycles. The minimum absolute atomic E-state index is 0. The van der Waals surface area contributed by atoms with Crippen LogP contribution in [0, 0.1) is 0 Å². The summed E-state index contributed by atoms with van der Waals surface area (Å²) < 4.78 is 65.2. The van der Waals surface area contributed by atoms with Gasteiger partial charge in [0.15, 0.2) is 0 Å². The number of benzene rings is 2. The van der Waals surface area contributed by atoms with Crippen molar-refractivity contribution < 1.29 is 38.9 Å². The normalized spacial score (nSPS) is 16.7. The fourth-order valence-corrected chi connectivity index (χ4v) is 4.52.